The van der Waals surface area contributed by atoms with Crippen molar-refractivity contribution in [2.75, 3.05) is 6.61 Å². The molecule has 5 nitrogen and oxygen atoms in total. The molecule has 0 aliphatic carbocycles. The number of hydrogen-bond donors (Lipinski definition) is 1. The number of unbranched alkanes of at least 4 members (excludes halogenated alkanes) is 1. The Balaban J connectivity index is 2.70. The largest absolute Gasteiger partial charge is 0.493 e. The molecule has 0 fully saturated rings. The maximum absolute atomic E-state index is 11.8. The molecule has 20 heavy (non-hydrogen) atoms. The molecule has 1 aromatic carbocycles. The third-order valence-corrected chi connectivity index (χ3v) is 4.11. The van der Waals surface area contributed by atoms with Crippen LogP contribution >= 0.6 is 0 Å². The van der Waals surface area contributed by atoms with Crippen LogP contribution in [0, 0.1) is 0 Å². The van der Waals surface area contributed by atoms with Gasteiger partial charge in [-0.15, -0.1) is 0 Å². The Morgan fingerprint density at radius 3 is 2.65 bits per heavy atom. The summed E-state index contributed by atoms with van der Waals surface area (Å²) in [5.41, 5.74) is 0.841. The van der Waals surface area contributed by atoms with E-state index in [4.69, 9.17) is 9.88 Å². The van der Waals surface area contributed by atoms with E-state index in [1.54, 1.807) is 12.3 Å². The lowest BCUT2D eigenvalue weighted by atomic mass is 10.2. The minimum atomic E-state index is -3.78. The Morgan fingerprint density at radius 1 is 1.30 bits per heavy atom. The molecular weight excluding hydrogens is 276 g/mol. The van der Waals surface area contributed by atoms with E-state index < -0.39 is 10.0 Å². The highest BCUT2D eigenvalue weighted by Gasteiger charge is 2.20. The number of fused-ring (bicyclic) bond motifs is 1. The summed E-state index contributed by atoms with van der Waals surface area (Å²) < 4.78 is 31.1. The number of ether oxygens (including phenoxy) is 1. The molecule has 2 rings (SSSR count). The van der Waals surface area contributed by atoms with Crippen molar-refractivity contribution in [1.82, 2.24) is 4.57 Å². The normalized spacial score (nSPS) is 11.9. The van der Waals surface area contributed by atoms with Gasteiger partial charge in [-0.05, 0) is 25.5 Å². The maximum Gasteiger partial charge on any atom is 0.240 e. The summed E-state index contributed by atoms with van der Waals surface area (Å²) in [5, 5.41) is 5.91. The summed E-state index contributed by atoms with van der Waals surface area (Å²) >= 11 is 0. The first-order valence-corrected chi connectivity index (χ1v) is 8.31. The number of primary sulfonamides is 1. The first kappa shape index (κ1) is 14.9. The molecule has 1 heterocycles. The van der Waals surface area contributed by atoms with Crippen LogP contribution in [0.3, 0.4) is 0 Å². The number of sulfonamides is 1. The van der Waals surface area contributed by atoms with Crippen molar-refractivity contribution in [3.8, 4) is 5.75 Å². The van der Waals surface area contributed by atoms with Crippen LogP contribution in [0.2, 0.25) is 0 Å². The lowest BCUT2D eigenvalue weighted by molar-refractivity contribution is 0.344. The van der Waals surface area contributed by atoms with Gasteiger partial charge < -0.3 is 9.30 Å². The molecule has 6 heteroatoms. The Bertz CT molecular complexity index is 705. The fraction of sp³-hybridized carbons (Fsp3) is 0.429. The van der Waals surface area contributed by atoms with Crippen molar-refractivity contribution < 1.29 is 13.2 Å². The van der Waals surface area contributed by atoms with Gasteiger partial charge in [0.1, 0.15) is 10.6 Å². The smallest absolute Gasteiger partial charge is 0.240 e. The van der Waals surface area contributed by atoms with E-state index in [1.807, 2.05) is 23.6 Å². The molecule has 0 saturated heterocycles. The molecule has 0 bridgehead atoms. The van der Waals surface area contributed by atoms with Gasteiger partial charge in [0.25, 0.3) is 0 Å². The van der Waals surface area contributed by atoms with E-state index in [-0.39, 0.29) is 4.90 Å². The highest BCUT2D eigenvalue weighted by Crippen LogP contribution is 2.33. The minimum Gasteiger partial charge on any atom is -0.493 e. The van der Waals surface area contributed by atoms with Gasteiger partial charge in [0, 0.05) is 12.7 Å². The van der Waals surface area contributed by atoms with E-state index in [9.17, 15) is 8.42 Å². The summed E-state index contributed by atoms with van der Waals surface area (Å²) in [6.07, 6.45) is 3.63. The van der Waals surface area contributed by atoms with E-state index in [1.165, 1.54) is 0 Å². The first-order chi connectivity index (χ1) is 9.49. The highest BCUT2D eigenvalue weighted by atomic mass is 32.2. The van der Waals surface area contributed by atoms with Gasteiger partial charge in [-0.1, -0.05) is 19.4 Å². The number of benzene rings is 1. The summed E-state index contributed by atoms with van der Waals surface area (Å²) in [6.45, 7) is 5.20. The SMILES string of the molecule is CCCCn1cc(S(N)(=O)=O)c2c(OCC)cccc21. The van der Waals surface area contributed by atoms with Crippen LogP contribution in [0.25, 0.3) is 10.9 Å². The summed E-state index contributed by atoms with van der Waals surface area (Å²) in [4.78, 5) is 0.132. The van der Waals surface area contributed by atoms with Crippen molar-refractivity contribution in [3.63, 3.8) is 0 Å². The molecule has 0 unspecified atom stereocenters. The minimum absolute atomic E-state index is 0.132. The fourth-order valence-electron chi connectivity index (χ4n) is 2.29. The van der Waals surface area contributed by atoms with Gasteiger partial charge in [0.15, 0.2) is 0 Å². The molecule has 0 aliphatic heterocycles. The van der Waals surface area contributed by atoms with Crippen LogP contribution in [0.1, 0.15) is 26.7 Å². The molecule has 0 spiro atoms. The van der Waals surface area contributed by atoms with E-state index in [0.29, 0.717) is 17.7 Å². The number of nitrogens with two attached hydrogens (primary N) is 1. The van der Waals surface area contributed by atoms with Crippen LogP contribution < -0.4 is 9.88 Å². The van der Waals surface area contributed by atoms with Gasteiger partial charge in [-0.25, -0.2) is 13.6 Å². The quantitative estimate of drug-likeness (QED) is 0.890. The number of aromatic nitrogens is 1. The number of nitrogens with zero attached hydrogens (tertiary/aromatic N) is 1. The van der Waals surface area contributed by atoms with Crippen molar-refractivity contribution in [3.05, 3.63) is 24.4 Å². The zero-order valence-corrected chi connectivity index (χ0v) is 12.6. The lowest BCUT2D eigenvalue weighted by Crippen LogP contribution is -2.12. The van der Waals surface area contributed by atoms with E-state index >= 15 is 0 Å². The Morgan fingerprint density at radius 2 is 2.05 bits per heavy atom. The maximum atomic E-state index is 11.8. The molecule has 1 aromatic heterocycles. The number of hydrogen-bond acceptors (Lipinski definition) is 3. The second-order valence-corrected chi connectivity index (χ2v) is 6.20. The molecule has 2 N–H and O–H groups in total. The van der Waals surface area contributed by atoms with E-state index in [0.717, 1.165) is 24.9 Å². The summed E-state index contributed by atoms with van der Waals surface area (Å²) in [6, 6.07) is 5.52. The molecule has 110 valence electrons. The predicted octanol–water partition coefficient (Wildman–Crippen LogP) is 2.49. The standard InChI is InChI=1S/C14H20N2O3S/c1-3-5-9-16-10-13(20(15,17)18)14-11(16)7-6-8-12(14)19-4-2/h6-8,10H,3-5,9H2,1-2H3,(H2,15,17,18). The molecule has 0 radical (unpaired) electrons. The monoisotopic (exact) mass is 296 g/mol. The zero-order chi connectivity index (χ0) is 14.8. The molecule has 0 aliphatic rings. The molecule has 0 atom stereocenters. The second kappa shape index (κ2) is 5.85. The second-order valence-electron chi connectivity index (χ2n) is 4.67. The van der Waals surface area contributed by atoms with Crippen LogP contribution in [-0.2, 0) is 16.6 Å². The van der Waals surface area contributed by atoms with Crippen molar-refractivity contribution >= 4 is 20.9 Å². The molecular formula is C14H20N2O3S. The average Bonchev–Trinajstić information content (AvgIpc) is 2.76. The summed E-state index contributed by atoms with van der Waals surface area (Å²) in [5.74, 6) is 0.560. The number of aryl methyl sites for hydroxylation is 1. The topological polar surface area (TPSA) is 74.3 Å². The average molecular weight is 296 g/mol. The number of rotatable bonds is 6. The van der Waals surface area contributed by atoms with Crippen LogP contribution in [0.15, 0.2) is 29.3 Å². The Hall–Kier alpha value is -1.53. The van der Waals surface area contributed by atoms with Crippen molar-refractivity contribution in [2.24, 2.45) is 5.14 Å². The van der Waals surface area contributed by atoms with Gasteiger partial charge in [-0.3, -0.25) is 0 Å². The third kappa shape index (κ3) is 2.81. The third-order valence-electron chi connectivity index (χ3n) is 3.19. The van der Waals surface area contributed by atoms with Crippen LogP contribution in [0.5, 0.6) is 5.75 Å². The van der Waals surface area contributed by atoms with Crippen molar-refractivity contribution in [1.29, 1.82) is 0 Å². The predicted molar refractivity (Wildman–Crippen MR) is 79.4 cm³/mol. The van der Waals surface area contributed by atoms with Crippen LogP contribution in [0.4, 0.5) is 0 Å². The fourth-order valence-corrected chi connectivity index (χ4v) is 3.05. The molecule has 0 amide bonds. The zero-order valence-electron chi connectivity index (χ0n) is 11.8. The molecule has 0 saturated carbocycles. The Labute approximate surface area is 119 Å². The highest BCUT2D eigenvalue weighted by molar-refractivity contribution is 7.89. The van der Waals surface area contributed by atoms with Gasteiger partial charge in [0.05, 0.1) is 17.5 Å². The Kier molecular flexibility index (Phi) is 4.35. The van der Waals surface area contributed by atoms with Crippen molar-refractivity contribution in [2.45, 2.75) is 38.1 Å². The summed E-state index contributed by atoms with van der Waals surface area (Å²) in [7, 11) is -3.78. The lowest BCUT2D eigenvalue weighted by Gasteiger charge is -2.07. The van der Waals surface area contributed by atoms with Gasteiger partial charge >= 0.3 is 0 Å². The van der Waals surface area contributed by atoms with Gasteiger partial charge in [0.2, 0.25) is 10.0 Å². The van der Waals surface area contributed by atoms with Crippen LogP contribution in [-0.4, -0.2) is 19.6 Å². The van der Waals surface area contributed by atoms with Gasteiger partial charge in [-0.2, -0.15) is 0 Å². The first-order valence-electron chi connectivity index (χ1n) is 6.76. The van der Waals surface area contributed by atoms with E-state index in [2.05, 4.69) is 6.92 Å². The molecule has 2 aromatic rings.